The Balaban J connectivity index is 1.43. The maximum absolute atomic E-state index is 13.1. The highest BCUT2D eigenvalue weighted by atomic mass is 16.5. The lowest BCUT2D eigenvalue weighted by Gasteiger charge is -2.21. The third-order valence-corrected chi connectivity index (χ3v) is 6.31. The van der Waals surface area contributed by atoms with Gasteiger partial charge in [-0.05, 0) is 47.9 Å². The number of hydrogen-bond donors (Lipinski definition) is 2. The van der Waals surface area contributed by atoms with Crippen molar-refractivity contribution in [3.8, 4) is 17.2 Å². The van der Waals surface area contributed by atoms with Crippen molar-refractivity contribution < 1.29 is 19.0 Å². The molecule has 1 aliphatic heterocycles. The standard InChI is InChI=1S/C28H28N2O4/c1-3-33-25-13-12-18(14-26(25)32-2)21(22-17-29-23-10-6-5-9-20(22)23)16-30-28(31)27-15-19-8-4-7-11-24(19)34-27/h4-14,17,21,27,29H,3,15-16H2,1-2H3,(H,30,31)/t21-,27-/m0/s1. The average Bonchev–Trinajstić information content (AvgIpc) is 3.50. The number of para-hydroxylation sites is 2. The number of methoxy groups -OCH3 is 1. The van der Waals surface area contributed by atoms with Crippen LogP contribution in [0.4, 0.5) is 0 Å². The quantitative estimate of drug-likeness (QED) is 0.399. The van der Waals surface area contributed by atoms with Gasteiger partial charge in [0.05, 0.1) is 13.7 Å². The minimum absolute atomic E-state index is 0.0894. The van der Waals surface area contributed by atoms with Gasteiger partial charge in [-0.2, -0.15) is 0 Å². The van der Waals surface area contributed by atoms with E-state index in [-0.39, 0.29) is 11.8 Å². The van der Waals surface area contributed by atoms with Crippen LogP contribution < -0.4 is 19.5 Å². The van der Waals surface area contributed by atoms with Gasteiger partial charge in [-0.15, -0.1) is 0 Å². The first-order valence-electron chi connectivity index (χ1n) is 11.6. The summed E-state index contributed by atoms with van der Waals surface area (Å²) in [5, 5.41) is 4.26. The Morgan fingerprint density at radius 3 is 2.76 bits per heavy atom. The molecule has 6 heteroatoms. The molecule has 0 bridgehead atoms. The van der Waals surface area contributed by atoms with E-state index in [4.69, 9.17) is 14.2 Å². The predicted octanol–water partition coefficient (Wildman–Crippen LogP) is 4.83. The van der Waals surface area contributed by atoms with Crippen LogP contribution >= 0.6 is 0 Å². The monoisotopic (exact) mass is 456 g/mol. The smallest absolute Gasteiger partial charge is 0.261 e. The number of aromatic amines is 1. The van der Waals surface area contributed by atoms with Crippen molar-refractivity contribution in [1.82, 2.24) is 10.3 Å². The first kappa shape index (κ1) is 21.9. The van der Waals surface area contributed by atoms with E-state index >= 15 is 0 Å². The van der Waals surface area contributed by atoms with Gasteiger partial charge in [-0.3, -0.25) is 4.79 Å². The van der Waals surface area contributed by atoms with Crippen LogP contribution in [0.3, 0.4) is 0 Å². The van der Waals surface area contributed by atoms with Crippen LogP contribution in [0.25, 0.3) is 10.9 Å². The third kappa shape index (κ3) is 4.19. The van der Waals surface area contributed by atoms with E-state index < -0.39 is 6.10 Å². The Bertz CT molecular complexity index is 1290. The van der Waals surface area contributed by atoms with E-state index in [2.05, 4.69) is 22.4 Å². The molecule has 1 aliphatic rings. The SMILES string of the molecule is CCOc1ccc([C@H](CNC(=O)[C@@H]2Cc3ccccc3O2)c2c[nH]c3ccccc23)cc1OC. The molecule has 2 heterocycles. The van der Waals surface area contributed by atoms with Crippen LogP contribution in [0.5, 0.6) is 17.2 Å². The van der Waals surface area contributed by atoms with E-state index in [0.717, 1.165) is 33.3 Å². The summed E-state index contributed by atoms with van der Waals surface area (Å²) in [6.07, 6.45) is 2.08. The molecule has 0 spiro atoms. The number of ether oxygens (including phenoxy) is 3. The molecule has 5 rings (SSSR count). The Morgan fingerprint density at radius 1 is 1.12 bits per heavy atom. The summed E-state index contributed by atoms with van der Waals surface area (Å²) in [5.74, 6) is 1.96. The van der Waals surface area contributed by atoms with Gasteiger partial charge in [-0.1, -0.05) is 42.5 Å². The molecule has 1 amide bonds. The molecule has 4 aromatic rings. The molecule has 0 radical (unpaired) electrons. The average molecular weight is 457 g/mol. The van der Waals surface area contributed by atoms with Gasteiger partial charge in [0.15, 0.2) is 17.6 Å². The van der Waals surface area contributed by atoms with Crippen LogP contribution in [0, 0.1) is 0 Å². The number of amides is 1. The Hall–Kier alpha value is -3.93. The number of carbonyl (C=O) groups excluding carboxylic acids is 1. The fourth-order valence-corrected chi connectivity index (χ4v) is 4.61. The maximum atomic E-state index is 13.1. The second-order valence-corrected chi connectivity index (χ2v) is 8.35. The largest absolute Gasteiger partial charge is 0.493 e. The molecule has 0 aliphatic carbocycles. The lowest BCUT2D eigenvalue weighted by atomic mass is 9.90. The van der Waals surface area contributed by atoms with Gasteiger partial charge in [-0.25, -0.2) is 0 Å². The van der Waals surface area contributed by atoms with Crippen molar-refractivity contribution in [1.29, 1.82) is 0 Å². The highest BCUT2D eigenvalue weighted by molar-refractivity contribution is 5.85. The molecule has 2 N–H and O–H groups in total. The van der Waals surface area contributed by atoms with Crippen LogP contribution in [-0.2, 0) is 11.2 Å². The molecule has 3 aromatic carbocycles. The van der Waals surface area contributed by atoms with Gasteiger partial charge in [0, 0.05) is 36.0 Å². The lowest BCUT2D eigenvalue weighted by Crippen LogP contribution is -2.39. The summed E-state index contributed by atoms with van der Waals surface area (Å²) in [4.78, 5) is 16.4. The van der Waals surface area contributed by atoms with Crippen molar-refractivity contribution >= 4 is 16.8 Å². The van der Waals surface area contributed by atoms with Crippen LogP contribution in [-0.4, -0.2) is 37.3 Å². The van der Waals surface area contributed by atoms with Crippen LogP contribution in [0.15, 0.2) is 72.9 Å². The highest BCUT2D eigenvalue weighted by Gasteiger charge is 2.30. The predicted molar refractivity (Wildman–Crippen MR) is 132 cm³/mol. The normalized spacial score (nSPS) is 15.4. The Morgan fingerprint density at radius 2 is 1.94 bits per heavy atom. The van der Waals surface area contributed by atoms with Gasteiger partial charge in [0.1, 0.15) is 5.75 Å². The number of carbonyl (C=O) groups is 1. The highest BCUT2D eigenvalue weighted by Crippen LogP contribution is 2.36. The van der Waals surface area contributed by atoms with Gasteiger partial charge >= 0.3 is 0 Å². The molecule has 0 saturated heterocycles. The third-order valence-electron chi connectivity index (χ3n) is 6.31. The molecular weight excluding hydrogens is 428 g/mol. The summed E-state index contributed by atoms with van der Waals surface area (Å²) in [7, 11) is 1.64. The second kappa shape index (κ2) is 9.51. The van der Waals surface area contributed by atoms with E-state index in [0.29, 0.717) is 31.1 Å². The Labute approximate surface area is 198 Å². The molecule has 174 valence electrons. The number of aromatic nitrogens is 1. The van der Waals surface area contributed by atoms with Crippen molar-refractivity contribution in [2.24, 2.45) is 0 Å². The molecule has 2 atom stereocenters. The molecule has 0 fully saturated rings. The number of nitrogens with one attached hydrogen (secondary N) is 2. The lowest BCUT2D eigenvalue weighted by molar-refractivity contribution is -0.127. The molecule has 0 saturated carbocycles. The number of rotatable bonds is 8. The van der Waals surface area contributed by atoms with Gasteiger partial charge in [0.2, 0.25) is 0 Å². The summed E-state index contributed by atoms with van der Waals surface area (Å²) in [6.45, 7) is 2.93. The molecule has 0 unspecified atom stereocenters. The molecule has 1 aromatic heterocycles. The fraction of sp³-hybridized carbons (Fsp3) is 0.250. The van der Waals surface area contributed by atoms with Crippen molar-refractivity contribution in [3.05, 3.63) is 89.6 Å². The van der Waals surface area contributed by atoms with E-state index in [1.165, 1.54) is 0 Å². The van der Waals surface area contributed by atoms with Crippen LogP contribution in [0.1, 0.15) is 29.5 Å². The zero-order chi connectivity index (χ0) is 23.5. The summed E-state index contributed by atoms with van der Waals surface area (Å²) in [5.41, 5.74) is 4.26. The molecular formula is C28H28N2O4. The summed E-state index contributed by atoms with van der Waals surface area (Å²) < 4.78 is 17.2. The molecule has 6 nitrogen and oxygen atoms in total. The Kier molecular flexibility index (Phi) is 6.12. The van der Waals surface area contributed by atoms with E-state index in [9.17, 15) is 4.79 Å². The zero-order valence-corrected chi connectivity index (χ0v) is 19.3. The molecule has 34 heavy (non-hydrogen) atoms. The summed E-state index contributed by atoms with van der Waals surface area (Å²) in [6, 6.07) is 21.9. The van der Waals surface area contributed by atoms with Crippen molar-refractivity contribution in [2.75, 3.05) is 20.3 Å². The van der Waals surface area contributed by atoms with Crippen molar-refractivity contribution in [2.45, 2.75) is 25.4 Å². The minimum Gasteiger partial charge on any atom is -0.493 e. The topological polar surface area (TPSA) is 72.6 Å². The number of hydrogen-bond acceptors (Lipinski definition) is 4. The van der Waals surface area contributed by atoms with E-state index in [1.54, 1.807) is 7.11 Å². The first-order chi connectivity index (χ1) is 16.7. The van der Waals surface area contributed by atoms with E-state index in [1.807, 2.05) is 67.7 Å². The second-order valence-electron chi connectivity index (χ2n) is 8.35. The summed E-state index contributed by atoms with van der Waals surface area (Å²) >= 11 is 0. The zero-order valence-electron chi connectivity index (χ0n) is 19.3. The maximum Gasteiger partial charge on any atom is 0.261 e. The van der Waals surface area contributed by atoms with Gasteiger partial charge < -0.3 is 24.5 Å². The fourth-order valence-electron chi connectivity index (χ4n) is 4.61. The number of benzene rings is 3. The van der Waals surface area contributed by atoms with Crippen molar-refractivity contribution in [3.63, 3.8) is 0 Å². The number of H-pyrrole nitrogens is 1. The first-order valence-corrected chi connectivity index (χ1v) is 11.6. The van der Waals surface area contributed by atoms with Gasteiger partial charge in [0.25, 0.3) is 5.91 Å². The van der Waals surface area contributed by atoms with Crippen LogP contribution in [0.2, 0.25) is 0 Å². The number of fused-ring (bicyclic) bond motifs is 2. The minimum atomic E-state index is -0.518.